The van der Waals surface area contributed by atoms with Crippen LogP contribution in [0.4, 0.5) is 19.0 Å². The second-order valence-corrected chi connectivity index (χ2v) is 4.91. The van der Waals surface area contributed by atoms with E-state index >= 15 is 0 Å². The molecule has 25 heavy (non-hydrogen) atoms. The van der Waals surface area contributed by atoms with Gasteiger partial charge < -0.3 is 5.32 Å². The number of hydrogen-bond acceptors (Lipinski definition) is 4. The summed E-state index contributed by atoms with van der Waals surface area (Å²) < 4.78 is 38.4. The number of carbonyl (C=O) groups excluding carboxylic acids is 1. The summed E-state index contributed by atoms with van der Waals surface area (Å²) in [6.45, 7) is 0. The zero-order valence-corrected chi connectivity index (χ0v) is 12.4. The molecule has 1 aromatic carbocycles. The summed E-state index contributed by atoms with van der Waals surface area (Å²) in [5.74, 6) is -1.21. The fraction of sp³-hybridized carbons (Fsp3) is 0.0667. The number of carbonyl (C=O) groups is 1. The molecule has 3 aromatic rings. The van der Waals surface area contributed by atoms with Crippen molar-refractivity contribution in [2.45, 2.75) is 6.18 Å². The van der Waals surface area contributed by atoms with Crippen LogP contribution in [-0.4, -0.2) is 25.7 Å². The van der Waals surface area contributed by atoms with Crippen molar-refractivity contribution in [3.05, 3.63) is 70.5 Å². The maximum atomic E-state index is 12.5. The average molecular weight is 349 g/mol. The quantitative estimate of drug-likeness (QED) is 0.758. The molecule has 7 nitrogen and oxygen atoms in total. The van der Waals surface area contributed by atoms with E-state index in [0.29, 0.717) is 11.9 Å². The Bertz CT molecular complexity index is 946. The lowest BCUT2D eigenvalue weighted by atomic mass is 10.3. The van der Waals surface area contributed by atoms with Crippen LogP contribution in [0.3, 0.4) is 0 Å². The van der Waals surface area contributed by atoms with E-state index in [4.69, 9.17) is 0 Å². The van der Waals surface area contributed by atoms with Crippen molar-refractivity contribution in [3.63, 3.8) is 0 Å². The van der Waals surface area contributed by atoms with E-state index in [0.717, 1.165) is 16.8 Å². The highest BCUT2D eigenvalue weighted by Gasteiger charge is 2.30. The molecule has 0 atom stereocenters. The van der Waals surface area contributed by atoms with Crippen molar-refractivity contribution in [1.29, 1.82) is 0 Å². The molecule has 0 saturated carbocycles. The normalized spacial score (nSPS) is 11.3. The molecule has 0 saturated heterocycles. The Kier molecular flexibility index (Phi) is 4.09. The molecule has 1 amide bonds. The highest BCUT2D eigenvalue weighted by Crippen LogP contribution is 2.28. The first-order chi connectivity index (χ1) is 11.8. The average Bonchev–Trinajstić information content (AvgIpc) is 2.97. The van der Waals surface area contributed by atoms with Gasteiger partial charge in [-0.3, -0.25) is 9.78 Å². The van der Waals surface area contributed by atoms with Crippen molar-refractivity contribution in [1.82, 2.24) is 19.7 Å². The Labute approximate surface area is 138 Å². The molecule has 10 heteroatoms. The number of aromatic nitrogens is 4. The van der Waals surface area contributed by atoms with Crippen LogP contribution in [0.25, 0.3) is 5.69 Å². The molecule has 0 aliphatic rings. The van der Waals surface area contributed by atoms with E-state index in [-0.39, 0.29) is 11.6 Å². The minimum atomic E-state index is -4.52. The number of pyridine rings is 1. The van der Waals surface area contributed by atoms with Gasteiger partial charge in [0.15, 0.2) is 0 Å². The maximum Gasteiger partial charge on any atom is 0.417 e. The van der Waals surface area contributed by atoms with E-state index in [1.165, 1.54) is 0 Å². The van der Waals surface area contributed by atoms with Gasteiger partial charge in [0.1, 0.15) is 5.82 Å². The SMILES string of the molecule is O=C(Nc1ccc(C(F)(F)F)cn1)c1nn(-c2ccccc2)c(=O)[nH]1. The number of para-hydroxylation sites is 1. The Morgan fingerprint density at radius 1 is 1.12 bits per heavy atom. The van der Waals surface area contributed by atoms with E-state index in [9.17, 15) is 22.8 Å². The molecule has 2 N–H and O–H groups in total. The van der Waals surface area contributed by atoms with Gasteiger partial charge >= 0.3 is 11.9 Å². The van der Waals surface area contributed by atoms with Crippen molar-refractivity contribution in [3.8, 4) is 5.69 Å². The number of benzene rings is 1. The van der Waals surface area contributed by atoms with Crippen molar-refractivity contribution in [2.24, 2.45) is 0 Å². The summed E-state index contributed by atoms with van der Waals surface area (Å²) in [6.07, 6.45) is -3.92. The molecule has 0 bridgehead atoms. The van der Waals surface area contributed by atoms with Crippen LogP contribution in [0.15, 0.2) is 53.5 Å². The first-order valence-corrected chi connectivity index (χ1v) is 6.94. The second kappa shape index (κ2) is 6.23. The largest absolute Gasteiger partial charge is 0.417 e. The van der Waals surface area contributed by atoms with Crippen LogP contribution in [0.1, 0.15) is 16.2 Å². The molecule has 0 unspecified atom stereocenters. The Morgan fingerprint density at radius 3 is 2.44 bits per heavy atom. The molecule has 3 rings (SSSR count). The number of nitrogens with zero attached hydrogens (tertiary/aromatic N) is 3. The molecular weight excluding hydrogens is 339 g/mol. The number of alkyl halides is 3. The predicted octanol–water partition coefficient (Wildman–Crippen LogP) is 2.23. The Balaban J connectivity index is 1.79. The van der Waals surface area contributed by atoms with Crippen LogP contribution in [-0.2, 0) is 6.18 Å². The van der Waals surface area contributed by atoms with Gasteiger partial charge in [-0.2, -0.15) is 17.9 Å². The summed E-state index contributed by atoms with van der Waals surface area (Å²) >= 11 is 0. The van der Waals surface area contributed by atoms with Crippen LogP contribution in [0, 0.1) is 0 Å². The lowest BCUT2D eigenvalue weighted by molar-refractivity contribution is -0.137. The van der Waals surface area contributed by atoms with Gasteiger partial charge in [0.2, 0.25) is 5.82 Å². The van der Waals surface area contributed by atoms with Crippen LogP contribution in [0.2, 0.25) is 0 Å². The van der Waals surface area contributed by atoms with Gasteiger partial charge in [-0.05, 0) is 24.3 Å². The molecule has 2 heterocycles. The van der Waals surface area contributed by atoms with Crippen molar-refractivity contribution < 1.29 is 18.0 Å². The number of anilines is 1. The molecule has 0 fully saturated rings. The third-order valence-electron chi connectivity index (χ3n) is 3.17. The van der Waals surface area contributed by atoms with Gasteiger partial charge in [-0.15, -0.1) is 5.10 Å². The van der Waals surface area contributed by atoms with Gasteiger partial charge in [0, 0.05) is 6.20 Å². The van der Waals surface area contributed by atoms with E-state index in [2.05, 4.69) is 20.4 Å². The standard InChI is InChI=1S/C15H10F3N5O2/c16-15(17,18)9-6-7-11(19-8-9)20-13(24)12-21-14(25)23(22-12)10-4-2-1-3-5-10/h1-8H,(H,19,20,24)(H,21,22,25). The molecular formula is C15H10F3N5O2. The molecule has 128 valence electrons. The van der Waals surface area contributed by atoms with E-state index in [1.54, 1.807) is 30.3 Å². The predicted molar refractivity (Wildman–Crippen MR) is 81.4 cm³/mol. The molecule has 0 radical (unpaired) electrons. The molecule has 2 aromatic heterocycles. The fourth-order valence-corrected chi connectivity index (χ4v) is 1.98. The number of rotatable bonds is 3. The highest BCUT2D eigenvalue weighted by atomic mass is 19.4. The molecule has 0 spiro atoms. The Morgan fingerprint density at radius 2 is 1.84 bits per heavy atom. The lowest BCUT2D eigenvalue weighted by Crippen LogP contribution is -2.16. The second-order valence-electron chi connectivity index (χ2n) is 4.91. The minimum absolute atomic E-state index is 0.104. The fourth-order valence-electron chi connectivity index (χ4n) is 1.98. The van der Waals surface area contributed by atoms with Gasteiger partial charge in [-0.25, -0.2) is 9.78 Å². The zero-order chi connectivity index (χ0) is 18.0. The Hall–Kier alpha value is -3.43. The lowest BCUT2D eigenvalue weighted by Gasteiger charge is -2.07. The van der Waals surface area contributed by atoms with Crippen molar-refractivity contribution >= 4 is 11.7 Å². The first-order valence-electron chi connectivity index (χ1n) is 6.94. The molecule has 0 aliphatic heterocycles. The van der Waals surface area contributed by atoms with Crippen LogP contribution in [0.5, 0.6) is 0 Å². The van der Waals surface area contributed by atoms with E-state index in [1.807, 2.05) is 0 Å². The van der Waals surface area contributed by atoms with Crippen molar-refractivity contribution in [2.75, 3.05) is 5.32 Å². The van der Waals surface area contributed by atoms with Gasteiger partial charge in [0.05, 0.1) is 11.3 Å². The minimum Gasteiger partial charge on any atom is -0.304 e. The summed E-state index contributed by atoms with van der Waals surface area (Å²) in [5.41, 5.74) is -1.11. The number of amides is 1. The summed E-state index contributed by atoms with van der Waals surface area (Å²) in [4.78, 5) is 29.7. The summed E-state index contributed by atoms with van der Waals surface area (Å²) in [7, 11) is 0. The monoisotopic (exact) mass is 349 g/mol. The number of halogens is 3. The maximum absolute atomic E-state index is 12.5. The summed E-state index contributed by atoms with van der Waals surface area (Å²) in [5, 5.41) is 6.13. The summed E-state index contributed by atoms with van der Waals surface area (Å²) in [6, 6.07) is 10.2. The smallest absolute Gasteiger partial charge is 0.304 e. The molecule has 0 aliphatic carbocycles. The first kappa shape index (κ1) is 16.4. The zero-order valence-electron chi connectivity index (χ0n) is 12.4. The number of nitrogens with one attached hydrogen (secondary N) is 2. The van der Waals surface area contributed by atoms with Crippen LogP contribution >= 0.6 is 0 Å². The third kappa shape index (κ3) is 3.57. The number of H-pyrrole nitrogens is 1. The van der Waals surface area contributed by atoms with Gasteiger partial charge in [-0.1, -0.05) is 18.2 Å². The van der Waals surface area contributed by atoms with Gasteiger partial charge in [0.25, 0.3) is 5.91 Å². The van der Waals surface area contributed by atoms with E-state index < -0.39 is 23.3 Å². The number of hydrogen-bond donors (Lipinski definition) is 2. The number of aromatic amines is 1. The third-order valence-corrected chi connectivity index (χ3v) is 3.17. The topological polar surface area (TPSA) is 92.7 Å². The highest BCUT2D eigenvalue weighted by molar-refractivity contribution is 6.00. The van der Waals surface area contributed by atoms with Crippen LogP contribution < -0.4 is 11.0 Å².